The molecule has 29 heavy (non-hydrogen) atoms. The second kappa shape index (κ2) is 9.04. The highest BCUT2D eigenvalue weighted by molar-refractivity contribution is 7.80. The number of thiol groups is 1. The van der Waals surface area contributed by atoms with Crippen molar-refractivity contribution in [2.24, 2.45) is 17.3 Å². The Morgan fingerprint density at radius 2 is 1.72 bits per heavy atom. The molecule has 156 valence electrons. The molecule has 0 radical (unpaired) electrons. The number of rotatable bonds is 7. The first-order chi connectivity index (χ1) is 13.6. The summed E-state index contributed by atoms with van der Waals surface area (Å²) in [4.78, 5) is 12.4. The van der Waals surface area contributed by atoms with E-state index in [4.69, 9.17) is 10.00 Å². The van der Waals surface area contributed by atoms with Gasteiger partial charge in [-0.3, -0.25) is 4.79 Å². The maximum absolute atomic E-state index is 14.2. The monoisotopic (exact) mass is 427 g/mol. The minimum atomic E-state index is -1.58. The van der Waals surface area contributed by atoms with Crippen molar-refractivity contribution >= 4 is 18.6 Å². The number of benzene rings is 1. The quantitative estimate of drug-likeness (QED) is 0.165. The number of nitrogens with zero attached hydrogens (tertiary/aromatic N) is 1. The van der Waals surface area contributed by atoms with Crippen LogP contribution in [0.4, 0.5) is 17.6 Å². The van der Waals surface area contributed by atoms with Crippen LogP contribution in [-0.4, -0.2) is 11.7 Å². The first-order valence-electron chi connectivity index (χ1n) is 8.97. The van der Waals surface area contributed by atoms with Gasteiger partial charge in [-0.1, -0.05) is 26.0 Å². The lowest BCUT2D eigenvalue weighted by atomic mass is 10.1. The molecule has 3 nitrogen and oxygen atoms in total. The van der Waals surface area contributed by atoms with Gasteiger partial charge in [0.25, 0.3) is 0 Å². The molecule has 1 aliphatic carbocycles. The molecular formula is C21H21F4NO2S. The van der Waals surface area contributed by atoms with Gasteiger partial charge in [0.15, 0.2) is 23.3 Å². The summed E-state index contributed by atoms with van der Waals surface area (Å²) in [6.45, 7) is 4.39. The molecule has 0 amide bonds. The van der Waals surface area contributed by atoms with E-state index < -0.39 is 58.3 Å². The van der Waals surface area contributed by atoms with Gasteiger partial charge in [0.2, 0.25) is 0 Å². The van der Waals surface area contributed by atoms with Crippen LogP contribution in [0.3, 0.4) is 0 Å². The van der Waals surface area contributed by atoms with Crippen LogP contribution in [0.1, 0.15) is 31.9 Å². The molecule has 0 bridgehead atoms. The van der Waals surface area contributed by atoms with Crippen molar-refractivity contribution in [1.82, 2.24) is 0 Å². The van der Waals surface area contributed by atoms with Gasteiger partial charge in [0.05, 0.1) is 17.6 Å². The molecule has 0 N–H and O–H groups in total. The normalized spacial score (nSPS) is 20.6. The van der Waals surface area contributed by atoms with E-state index in [0.29, 0.717) is 5.57 Å². The Hall–Kier alpha value is -2.27. The summed E-state index contributed by atoms with van der Waals surface area (Å²) in [5.74, 6) is -7.89. The van der Waals surface area contributed by atoms with Crippen LogP contribution >= 0.6 is 12.6 Å². The number of ether oxygens (including phenoxy) is 1. The molecule has 0 spiro atoms. The molecular weight excluding hydrogens is 406 g/mol. The number of carbonyl (C=O) groups excluding carboxylic acids is 1. The predicted molar refractivity (Wildman–Crippen MR) is 103 cm³/mol. The van der Waals surface area contributed by atoms with Crippen molar-refractivity contribution in [2.75, 3.05) is 5.75 Å². The largest absolute Gasteiger partial charge is 0.460 e. The van der Waals surface area contributed by atoms with Gasteiger partial charge in [0.1, 0.15) is 6.61 Å². The topological polar surface area (TPSA) is 50.1 Å². The second-order valence-electron chi connectivity index (χ2n) is 7.35. The summed E-state index contributed by atoms with van der Waals surface area (Å²) in [6, 6.07) is 2.01. The van der Waals surface area contributed by atoms with Crippen LogP contribution in [0.25, 0.3) is 0 Å². The highest BCUT2D eigenvalue weighted by Gasteiger charge is 2.61. The number of esters is 1. The Kier molecular flexibility index (Phi) is 7.17. The van der Waals surface area contributed by atoms with E-state index in [1.165, 1.54) is 0 Å². The van der Waals surface area contributed by atoms with E-state index in [9.17, 15) is 22.4 Å². The van der Waals surface area contributed by atoms with Crippen molar-refractivity contribution in [3.8, 4) is 6.07 Å². The predicted octanol–water partition coefficient (Wildman–Crippen LogP) is 5.06. The van der Waals surface area contributed by atoms with Crippen molar-refractivity contribution in [3.63, 3.8) is 0 Å². The number of nitriles is 1. The highest BCUT2D eigenvalue weighted by atomic mass is 32.1. The molecule has 1 fully saturated rings. The van der Waals surface area contributed by atoms with Gasteiger partial charge >= 0.3 is 5.97 Å². The second-order valence-corrected chi connectivity index (χ2v) is 7.80. The van der Waals surface area contributed by atoms with Crippen LogP contribution < -0.4 is 0 Å². The number of hydrogen-bond acceptors (Lipinski definition) is 4. The average molecular weight is 427 g/mol. The van der Waals surface area contributed by atoms with Crippen LogP contribution in [0.2, 0.25) is 0 Å². The smallest absolute Gasteiger partial charge is 0.310 e. The molecule has 0 aliphatic heterocycles. The summed E-state index contributed by atoms with van der Waals surface area (Å²) >= 11 is 3.81. The first kappa shape index (κ1) is 23.0. The maximum Gasteiger partial charge on any atom is 0.310 e. The fraction of sp³-hybridized carbons (Fsp3) is 0.429. The fourth-order valence-electron chi connectivity index (χ4n) is 3.36. The zero-order valence-corrected chi connectivity index (χ0v) is 17.1. The molecule has 1 saturated carbocycles. The van der Waals surface area contributed by atoms with Gasteiger partial charge in [0, 0.05) is 11.1 Å². The third-order valence-electron chi connectivity index (χ3n) is 5.16. The molecule has 0 aromatic heterocycles. The Morgan fingerprint density at radius 3 is 2.21 bits per heavy atom. The van der Waals surface area contributed by atoms with Crippen molar-refractivity contribution < 1.29 is 27.1 Å². The number of carbonyl (C=O) groups is 1. The van der Waals surface area contributed by atoms with Crippen molar-refractivity contribution in [2.45, 2.75) is 33.8 Å². The van der Waals surface area contributed by atoms with E-state index >= 15 is 0 Å². The summed E-state index contributed by atoms with van der Waals surface area (Å²) < 4.78 is 61.4. The maximum atomic E-state index is 14.2. The van der Waals surface area contributed by atoms with Crippen LogP contribution in [0.5, 0.6) is 0 Å². The number of allylic oxidation sites excluding steroid dienone is 4. The zero-order valence-electron chi connectivity index (χ0n) is 16.2. The third kappa shape index (κ3) is 4.50. The lowest BCUT2D eigenvalue weighted by molar-refractivity contribution is -0.147. The van der Waals surface area contributed by atoms with Crippen molar-refractivity contribution in [3.05, 3.63) is 58.2 Å². The summed E-state index contributed by atoms with van der Waals surface area (Å²) in [7, 11) is 0. The van der Waals surface area contributed by atoms with Crippen LogP contribution in [0.15, 0.2) is 23.8 Å². The Balaban J connectivity index is 2.19. The Morgan fingerprint density at radius 1 is 1.17 bits per heavy atom. The molecule has 0 saturated heterocycles. The average Bonchev–Trinajstić information content (AvgIpc) is 3.22. The van der Waals surface area contributed by atoms with Crippen LogP contribution in [0, 0.1) is 51.9 Å². The summed E-state index contributed by atoms with van der Waals surface area (Å²) in [5.41, 5.74) is -1.85. The van der Waals surface area contributed by atoms with E-state index in [1.54, 1.807) is 39.0 Å². The minimum absolute atomic E-state index is 0.00459. The lowest BCUT2D eigenvalue weighted by Crippen LogP contribution is -2.15. The van der Waals surface area contributed by atoms with Crippen LogP contribution in [-0.2, 0) is 22.6 Å². The first-order valence-corrected chi connectivity index (χ1v) is 9.60. The minimum Gasteiger partial charge on any atom is -0.460 e. The molecule has 0 heterocycles. The molecule has 1 aromatic carbocycles. The standard InChI is InChI=1S/C21H21F4NO2S/c1-4-5-11(9-26)8-14-15(21(14,2)3)20(27)28-10-13-18(24)16(22)12(6-7-29)17(23)19(13)25/h4-5,8,14-15,29H,6-7,10H2,1-3H3/t14-,15+/m1/s1. The van der Waals surface area contributed by atoms with E-state index in [0.717, 1.165) is 0 Å². The zero-order chi connectivity index (χ0) is 21.9. The van der Waals surface area contributed by atoms with Gasteiger partial charge < -0.3 is 4.74 Å². The summed E-state index contributed by atoms with van der Waals surface area (Å²) in [6.07, 6.45) is 4.63. The molecule has 2 atom stereocenters. The molecule has 8 heteroatoms. The van der Waals surface area contributed by atoms with Gasteiger partial charge in [-0.15, -0.1) is 0 Å². The fourth-order valence-corrected chi connectivity index (χ4v) is 3.58. The van der Waals surface area contributed by atoms with Gasteiger partial charge in [-0.2, -0.15) is 17.9 Å². The van der Waals surface area contributed by atoms with Gasteiger partial charge in [-0.25, -0.2) is 17.6 Å². The molecule has 0 unspecified atom stereocenters. The third-order valence-corrected chi connectivity index (χ3v) is 5.39. The molecule has 1 aliphatic rings. The van der Waals surface area contributed by atoms with Gasteiger partial charge in [-0.05, 0) is 36.5 Å². The van der Waals surface area contributed by atoms with E-state index in [-0.39, 0.29) is 18.1 Å². The highest BCUT2D eigenvalue weighted by Crippen LogP contribution is 2.60. The SMILES string of the molecule is CC=CC(C#N)=C[C@@H]1[C@@H](C(=O)OCc2c(F)c(F)c(CCS)c(F)c2F)C1(C)C. The molecule has 1 aromatic rings. The van der Waals surface area contributed by atoms with Crippen molar-refractivity contribution in [1.29, 1.82) is 5.26 Å². The molecule has 2 rings (SSSR count). The lowest BCUT2D eigenvalue weighted by Gasteiger charge is -2.12. The summed E-state index contributed by atoms with van der Waals surface area (Å²) in [5, 5.41) is 9.11. The number of hydrogen-bond donors (Lipinski definition) is 1. The Bertz CT molecular complexity index is 889. The van der Waals surface area contributed by atoms with E-state index in [1.807, 2.05) is 6.07 Å². The Labute approximate surface area is 172 Å². The van der Waals surface area contributed by atoms with E-state index in [2.05, 4.69) is 12.6 Å². The number of halogens is 4.